The normalized spacial score (nSPS) is 18.7. The molecule has 1 unspecified atom stereocenters. The molecular weight excluding hydrogens is 464 g/mol. The van der Waals surface area contributed by atoms with E-state index in [1.54, 1.807) is 7.11 Å². The largest absolute Gasteiger partial charge is 0.497 e. The zero-order valence-electron chi connectivity index (χ0n) is 20.1. The lowest BCUT2D eigenvalue weighted by Crippen LogP contribution is -2.34. The van der Waals surface area contributed by atoms with Crippen molar-refractivity contribution in [2.75, 3.05) is 32.6 Å². The molecule has 5 rings (SSSR count). The number of thioether (sulfide) groups is 1. The fraction of sp³-hybridized carbons (Fsp3) is 0.423. The van der Waals surface area contributed by atoms with E-state index in [2.05, 4.69) is 34.8 Å². The molecule has 0 N–H and O–H groups in total. The summed E-state index contributed by atoms with van der Waals surface area (Å²) in [5.41, 5.74) is 4.80. The van der Waals surface area contributed by atoms with E-state index in [9.17, 15) is 4.79 Å². The maximum atomic E-state index is 12.4. The van der Waals surface area contributed by atoms with Gasteiger partial charge in [-0.15, -0.1) is 0 Å². The van der Waals surface area contributed by atoms with Crippen molar-refractivity contribution in [3.8, 4) is 17.1 Å². The highest BCUT2D eigenvalue weighted by atomic mass is 32.2. The predicted octanol–water partition coefficient (Wildman–Crippen LogP) is 5.15. The number of hydrogen-bond donors (Lipinski definition) is 0. The predicted molar refractivity (Wildman–Crippen MR) is 138 cm³/mol. The molecule has 1 amide bonds. The Kier molecular flexibility index (Phi) is 7.36. The fourth-order valence-electron chi connectivity index (χ4n) is 4.43. The maximum absolute atomic E-state index is 12.4. The lowest BCUT2D eigenvalue weighted by atomic mass is 10.1. The van der Waals surface area contributed by atoms with Crippen LogP contribution in [0.3, 0.4) is 0 Å². The van der Waals surface area contributed by atoms with Crippen molar-refractivity contribution >= 4 is 33.7 Å². The van der Waals surface area contributed by atoms with Gasteiger partial charge in [0.2, 0.25) is 0 Å². The summed E-state index contributed by atoms with van der Waals surface area (Å²) < 4.78 is 19.0. The Morgan fingerprint density at radius 3 is 2.89 bits per heavy atom. The molecule has 0 radical (unpaired) electrons. The third-order valence-corrected chi connectivity index (χ3v) is 7.13. The summed E-state index contributed by atoms with van der Waals surface area (Å²) >= 11 is 1.26. The number of carbonyl (C=O) groups is 1. The zero-order chi connectivity index (χ0) is 24.2. The molecule has 0 aliphatic carbocycles. The van der Waals surface area contributed by atoms with Crippen LogP contribution >= 0.6 is 11.8 Å². The van der Waals surface area contributed by atoms with Gasteiger partial charge in [-0.2, -0.15) is 5.10 Å². The first-order chi connectivity index (χ1) is 17.2. The number of aromatic nitrogens is 2. The molecule has 2 aromatic carbocycles. The highest BCUT2D eigenvalue weighted by Crippen LogP contribution is 2.29. The number of aryl methyl sites for hydroxylation is 1. The Labute approximate surface area is 209 Å². The summed E-state index contributed by atoms with van der Waals surface area (Å²) in [6.07, 6.45) is 2.92. The number of ether oxygens (including phenoxy) is 3. The molecule has 1 saturated heterocycles. The van der Waals surface area contributed by atoms with Crippen molar-refractivity contribution in [1.82, 2.24) is 14.6 Å². The maximum Gasteiger partial charge on any atom is 0.302 e. The monoisotopic (exact) mass is 494 g/mol. The highest BCUT2D eigenvalue weighted by molar-refractivity contribution is 8.14. The van der Waals surface area contributed by atoms with Crippen LogP contribution in [0.15, 0.2) is 47.6 Å². The summed E-state index contributed by atoms with van der Waals surface area (Å²) in [4.78, 5) is 17.4. The molecule has 35 heavy (non-hydrogen) atoms. The van der Waals surface area contributed by atoms with E-state index in [0.29, 0.717) is 18.9 Å². The van der Waals surface area contributed by atoms with E-state index in [0.717, 1.165) is 71.9 Å². The molecule has 1 fully saturated rings. The third-order valence-electron chi connectivity index (χ3n) is 6.25. The number of imidazole rings is 1. The van der Waals surface area contributed by atoms with E-state index in [1.165, 1.54) is 16.8 Å². The van der Waals surface area contributed by atoms with E-state index < -0.39 is 0 Å². The van der Waals surface area contributed by atoms with Crippen molar-refractivity contribution in [1.29, 1.82) is 0 Å². The quantitative estimate of drug-likeness (QED) is 0.431. The van der Waals surface area contributed by atoms with Crippen molar-refractivity contribution in [3.05, 3.63) is 48.0 Å². The van der Waals surface area contributed by atoms with E-state index in [-0.39, 0.29) is 11.5 Å². The van der Waals surface area contributed by atoms with Gasteiger partial charge in [-0.3, -0.25) is 4.79 Å². The van der Waals surface area contributed by atoms with Crippen molar-refractivity contribution < 1.29 is 19.0 Å². The number of methoxy groups -OCH3 is 1. The molecule has 3 aromatic rings. The molecule has 184 valence electrons. The van der Waals surface area contributed by atoms with Crippen LogP contribution in [-0.2, 0) is 16.0 Å². The van der Waals surface area contributed by atoms with Crippen LogP contribution in [0.2, 0.25) is 0 Å². The molecule has 2 aliphatic rings. The molecule has 0 bridgehead atoms. The smallest absolute Gasteiger partial charge is 0.302 e. The summed E-state index contributed by atoms with van der Waals surface area (Å²) in [7, 11) is 1.67. The van der Waals surface area contributed by atoms with Crippen molar-refractivity contribution in [3.63, 3.8) is 0 Å². The van der Waals surface area contributed by atoms with Crippen molar-refractivity contribution in [2.24, 2.45) is 5.10 Å². The second kappa shape index (κ2) is 10.8. The number of carbonyl (C=O) groups excluding carboxylic acids is 1. The summed E-state index contributed by atoms with van der Waals surface area (Å²) in [5.74, 6) is 2.23. The minimum Gasteiger partial charge on any atom is -0.497 e. The summed E-state index contributed by atoms with van der Waals surface area (Å²) in [5, 5.41) is 6.11. The number of benzene rings is 2. The van der Waals surface area contributed by atoms with Gasteiger partial charge in [-0.25, -0.2) is 9.99 Å². The lowest BCUT2D eigenvalue weighted by molar-refractivity contribution is -0.163. The number of hydrazone groups is 1. The molecule has 8 nitrogen and oxygen atoms in total. The van der Waals surface area contributed by atoms with Gasteiger partial charge in [-0.05, 0) is 50.5 Å². The molecule has 1 atom stereocenters. The first-order valence-corrected chi connectivity index (χ1v) is 13.0. The van der Waals surface area contributed by atoms with Gasteiger partial charge in [0.1, 0.15) is 11.6 Å². The van der Waals surface area contributed by atoms with Gasteiger partial charge >= 0.3 is 5.24 Å². The second-order valence-corrected chi connectivity index (χ2v) is 9.43. The van der Waals surface area contributed by atoms with Gasteiger partial charge in [0.25, 0.3) is 0 Å². The molecule has 3 heterocycles. The number of nitrogens with zero attached hydrogens (tertiary/aromatic N) is 4. The standard InChI is InChI=1S/C26H30N4O4S/c1-3-29-23-11-10-18(16-21(23)27-25(29)19-7-6-8-20(15-19)32-2)22-17-35-26(31)30(28-22)12-14-34-24-9-4-5-13-33-24/h6-8,10-11,15-16,24H,3-5,9,12-14,17H2,1-2H3. The lowest BCUT2D eigenvalue weighted by Gasteiger charge is -2.26. The zero-order valence-corrected chi connectivity index (χ0v) is 20.9. The average molecular weight is 495 g/mol. The fourth-order valence-corrected chi connectivity index (χ4v) is 5.19. The van der Waals surface area contributed by atoms with Crippen LogP contribution in [0.5, 0.6) is 5.75 Å². The van der Waals surface area contributed by atoms with Crippen molar-refractivity contribution in [2.45, 2.75) is 39.0 Å². The molecule has 2 aliphatic heterocycles. The van der Waals surface area contributed by atoms with E-state index >= 15 is 0 Å². The van der Waals surface area contributed by atoms with Gasteiger partial charge in [-0.1, -0.05) is 30.0 Å². The second-order valence-electron chi connectivity index (χ2n) is 8.51. The Bertz CT molecular complexity index is 1240. The van der Waals surface area contributed by atoms with Gasteiger partial charge in [0.15, 0.2) is 6.29 Å². The first-order valence-electron chi connectivity index (χ1n) is 12.1. The van der Waals surface area contributed by atoms with Gasteiger partial charge in [0.05, 0.1) is 37.0 Å². The summed E-state index contributed by atoms with van der Waals surface area (Å²) in [6, 6.07) is 14.2. The summed E-state index contributed by atoms with van der Waals surface area (Å²) in [6.45, 7) is 4.46. The van der Waals surface area contributed by atoms with E-state index in [1.807, 2.05) is 24.3 Å². The topological polar surface area (TPSA) is 78.2 Å². The van der Waals surface area contributed by atoms with Crippen LogP contribution in [-0.4, -0.2) is 64.4 Å². The first kappa shape index (κ1) is 23.8. The average Bonchev–Trinajstić information content (AvgIpc) is 3.28. The molecular formula is C26H30N4O4S. The molecule has 0 spiro atoms. The Balaban J connectivity index is 1.37. The highest BCUT2D eigenvalue weighted by Gasteiger charge is 2.24. The molecule has 9 heteroatoms. The Hall–Kier alpha value is -2.88. The minimum absolute atomic E-state index is 0.0569. The van der Waals surface area contributed by atoms with Crippen LogP contribution in [0.25, 0.3) is 22.4 Å². The van der Waals surface area contributed by atoms with Crippen LogP contribution in [0.1, 0.15) is 31.7 Å². The molecule has 0 saturated carbocycles. The SMILES string of the molecule is CCn1c(-c2cccc(OC)c2)nc2cc(C3=NN(CCOC4CCCCO4)C(=O)SC3)ccc21. The number of amides is 1. The van der Waals surface area contributed by atoms with Crippen LogP contribution in [0.4, 0.5) is 4.79 Å². The molecule has 1 aromatic heterocycles. The van der Waals surface area contributed by atoms with Crippen LogP contribution in [0, 0.1) is 0 Å². The third kappa shape index (κ3) is 5.22. The Morgan fingerprint density at radius 1 is 1.17 bits per heavy atom. The number of hydrogen-bond acceptors (Lipinski definition) is 7. The van der Waals surface area contributed by atoms with E-state index in [4.69, 9.17) is 19.2 Å². The van der Waals surface area contributed by atoms with Crippen LogP contribution < -0.4 is 4.74 Å². The number of fused-ring (bicyclic) bond motifs is 1. The van der Waals surface area contributed by atoms with Gasteiger partial charge < -0.3 is 18.8 Å². The Morgan fingerprint density at radius 2 is 2.09 bits per heavy atom. The number of rotatable bonds is 8. The van der Waals surface area contributed by atoms with Gasteiger partial charge in [0, 0.05) is 30.0 Å². The minimum atomic E-state index is -0.172.